The molecule has 19 heavy (non-hydrogen) atoms. The number of amides is 1. The average Bonchev–Trinajstić information content (AvgIpc) is 2.43. The van der Waals surface area contributed by atoms with E-state index in [0.29, 0.717) is 26.3 Å². The second-order valence-corrected chi connectivity index (χ2v) is 4.33. The normalized spacial score (nSPS) is 19.6. The van der Waals surface area contributed by atoms with Gasteiger partial charge in [-0.25, -0.2) is 0 Å². The molecule has 1 atom stereocenters. The van der Waals surface area contributed by atoms with Crippen molar-refractivity contribution in [1.82, 2.24) is 5.32 Å². The minimum atomic E-state index is -0.398. The largest absolute Gasteiger partial charge is 0.494 e. The molecule has 1 aromatic rings. The zero-order valence-corrected chi connectivity index (χ0v) is 11.4. The Hall–Kier alpha value is -1.59. The van der Waals surface area contributed by atoms with Crippen LogP contribution in [0.4, 0.5) is 5.69 Å². The van der Waals surface area contributed by atoms with Crippen molar-refractivity contribution in [2.24, 2.45) is 0 Å². The van der Waals surface area contributed by atoms with Crippen molar-refractivity contribution in [3.8, 4) is 5.75 Å². The molecule has 1 aliphatic rings. The second-order valence-electron chi connectivity index (χ2n) is 4.33. The number of nitrogens with one attached hydrogen (secondary N) is 1. The van der Waals surface area contributed by atoms with Crippen molar-refractivity contribution in [2.45, 2.75) is 13.0 Å². The van der Waals surface area contributed by atoms with E-state index in [9.17, 15) is 4.79 Å². The summed E-state index contributed by atoms with van der Waals surface area (Å²) in [5.41, 5.74) is 0.887. The van der Waals surface area contributed by atoms with E-state index < -0.39 is 6.10 Å². The van der Waals surface area contributed by atoms with Crippen LogP contribution in [0.25, 0.3) is 0 Å². The number of rotatable bonds is 5. The van der Waals surface area contributed by atoms with Gasteiger partial charge in [-0.3, -0.25) is 4.79 Å². The molecular weight excluding hydrogens is 244 g/mol. The van der Waals surface area contributed by atoms with Crippen LogP contribution in [-0.2, 0) is 9.53 Å². The molecule has 1 aliphatic heterocycles. The molecule has 1 saturated heterocycles. The van der Waals surface area contributed by atoms with Crippen LogP contribution in [-0.4, -0.2) is 45.4 Å². The van der Waals surface area contributed by atoms with Crippen molar-refractivity contribution in [3.05, 3.63) is 24.3 Å². The van der Waals surface area contributed by atoms with Gasteiger partial charge in [-0.05, 0) is 38.2 Å². The van der Waals surface area contributed by atoms with E-state index in [-0.39, 0.29) is 5.91 Å². The summed E-state index contributed by atoms with van der Waals surface area (Å²) in [5, 5.41) is 2.97. The number of benzene rings is 1. The maximum Gasteiger partial charge on any atom is 0.257 e. The van der Waals surface area contributed by atoms with Gasteiger partial charge in [-0.1, -0.05) is 0 Å². The third-order valence-corrected chi connectivity index (χ3v) is 3.02. The number of hydrogen-bond donors (Lipinski definition) is 1. The van der Waals surface area contributed by atoms with Crippen LogP contribution in [0.2, 0.25) is 0 Å². The summed E-state index contributed by atoms with van der Waals surface area (Å²) in [4.78, 5) is 14.0. The molecule has 1 heterocycles. The highest BCUT2D eigenvalue weighted by molar-refractivity contribution is 5.97. The highest BCUT2D eigenvalue weighted by Gasteiger charge is 2.29. The molecule has 1 unspecified atom stereocenters. The fourth-order valence-corrected chi connectivity index (χ4v) is 2.12. The predicted octanol–water partition coefficient (Wildman–Crippen LogP) is 1.04. The number of carbonyl (C=O) groups is 1. The Morgan fingerprint density at radius 1 is 1.42 bits per heavy atom. The fourth-order valence-electron chi connectivity index (χ4n) is 2.12. The molecule has 1 N–H and O–H groups in total. The van der Waals surface area contributed by atoms with Gasteiger partial charge in [0.25, 0.3) is 5.91 Å². The number of carbonyl (C=O) groups excluding carboxylic acids is 1. The van der Waals surface area contributed by atoms with Crippen LogP contribution in [0.1, 0.15) is 6.92 Å². The summed E-state index contributed by atoms with van der Waals surface area (Å²) in [7, 11) is 1.81. The summed E-state index contributed by atoms with van der Waals surface area (Å²) in [5.74, 6) is 0.823. The van der Waals surface area contributed by atoms with Crippen LogP contribution in [0, 0.1) is 0 Å². The molecule has 0 aliphatic carbocycles. The SMILES string of the molecule is CCOc1ccc(N2CCOC(CNC)C2=O)cc1. The monoisotopic (exact) mass is 264 g/mol. The van der Waals surface area contributed by atoms with E-state index in [4.69, 9.17) is 9.47 Å². The Labute approximate surface area is 113 Å². The fraction of sp³-hybridized carbons (Fsp3) is 0.500. The van der Waals surface area contributed by atoms with Crippen LogP contribution in [0.15, 0.2) is 24.3 Å². The first-order chi connectivity index (χ1) is 9.26. The van der Waals surface area contributed by atoms with E-state index in [1.165, 1.54) is 0 Å². The summed E-state index contributed by atoms with van der Waals surface area (Å²) in [6.45, 7) is 4.27. The van der Waals surface area contributed by atoms with E-state index in [1.54, 1.807) is 4.90 Å². The molecule has 0 bridgehead atoms. The molecule has 1 fully saturated rings. The molecule has 0 aromatic heterocycles. The standard InChI is InChI=1S/C14H20N2O3/c1-3-18-12-6-4-11(5-7-12)16-8-9-19-13(10-15-2)14(16)17/h4-7,13,15H,3,8-10H2,1-2H3. The highest BCUT2D eigenvalue weighted by Crippen LogP contribution is 2.22. The smallest absolute Gasteiger partial charge is 0.257 e. The minimum Gasteiger partial charge on any atom is -0.494 e. The Morgan fingerprint density at radius 2 is 2.16 bits per heavy atom. The molecule has 0 radical (unpaired) electrons. The minimum absolute atomic E-state index is 0.00441. The zero-order valence-electron chi connectivity index (χ0n) is 11.4. The zero-order chi connectivity index (χ0) is 13.7. The number of hydrogen-bond acceptors (Lipinski definition) is 4. The molecular formula is C14H20N2O3. The van der Waals surface area contributed by atoms with Gasteiger partial charge in [0, 0.05) is 18.8 Å². The number of morpholine rings is 1. The van der Waals surface area contributed by atoms with Gasteiger partial charge in [0.2, 0.25) is 0 Å². The van der Waals surface area contributed by atoms with Crippen molar-refractivity contribution in [1.29, 1.82) is 0 Å². The first-order valence-corrected chi connectivity index (χ1v) is 6.56. The first kappa shape index (κ1) is 13.8. The molecule has 5 heteroatoms. The first-order valence-electron chi connectivity index (χ1n) is 6.56. The Kier molecular flexibility index (Phi) is 4.76. The lowest BCUT2D eigenvalue weighted by molar-refractivity contribution is -0.133. The lowest BCUT2D eigenvalue weighted by Gasteiger charge is -2.32. The van der Waals surface area contributed by atoms with Crippen molar-refractivity contribution in [3.63, 3.8) is 0 Å². The van der Waals surface area contributed by atoms with Crippen LogP contribution >= 0.6 is 0 Å². The van der Waals surface area contributed by atoms with Gasteiger partial charge in [-0.15, -0.1) is 0 Å². The van der Waals surface area contributed by atoms with Gasteiger partial charge in [0.05, 0.1) is 13.2 Å². The third-order valence-electron chi connectivity index (χ3n) is 3.02. The highest BCUT2D eigenvalue weighted by atomic mass is 16.5. The van der Waals surface area contributed by atoms with E-state index >= 15 is 0 Å². The molecule has 1 amide bonds. The van der Waals surface area contributed by atoms with E-state index in [2.05, 4.69) is 5.32 Å². The summed E-state index contributed by atoms with van der Waals surface area (Å²) < 4.78 is 10.9. The molecule has 1 aromatic carbocycles. The molecule has 5 nitrogen and oxygen atoms in total. The van der Waals surface area contributed by atoms with Gasteiger partial charge < -0.3 is 19.7 Å². The Balaban J connectivity index is 2.09. The number of ether oxygens (including phenoxy) is 2. The third kappa shape index (κ3) is 3.24. The van der Waals surface area contributed by atoms with Gasteiger partial charge in [0.1, 0.15) is 11.9 Å². The van der Waals surface area contributed by atoms with Gasteiger partial charge in [-0.2, -0.15) is 0 Å². The molecule has 0 spiro atoms. The average molecular weight is 264 g/mol. The number of anilines is 1. The maximum absolute atomic E-state index is 12.3. The molecule has 2 rings (SSSR count). The van der Waals surface area contributed by atoms with Crippen LogP contribution in [0.5, 0.6) is 5.75 Å². The Morgan fingerprint density at radius 3 is 2.79 bits per heavy atom. The maximum atomic E-state index is 12.3. The summed E-state index contributed by atoms with van der Waals surface area (Å²) in [6.07, 6.45) is -0.398. The quantitative estimate of drug-likeness (QED) is 0.863. The lowest BCUT2D eigenvalue weighted by Crippen LogP contribution is -2.51. The Bertz CT molecular complexity index is 417. The van der Waals surface area contributed by atoms with Crippen LogP contribution in [0.3, 0.4) is 0 Å². The van der Waals surface area contributed by atoms with Crippen molar-refractivity contribution in [2.75, 3.05) is 38.3 Å². The summed E-state index contributed by atoms with van der Waals surface area (Å²) in [6, 6.07) is 7.58. The predicted molar refractivity (Wildman–Crippen MR) is 73.6 cm³/mol. The van der Waals surface area contributed by atoms with Crippen molar-refractivity contribution < 1.29 is 14.3 Å². The number of nitrogens with zero attached hydrogens (tertiary/aromatic N) is 1. The summed E-state index contributed by atoms with van der Waals surface area (Å²) >= 11 is 0. The van der Waals surface area contributed by atoms with E-state index in [0.717, 1.165) is 11.4 Å². The topological polar surface area (TPSA) is 50.8 Å². The van der Waals surface area contributed by atoms with Gasteiger partial charge in [0.15, 0.2) is 0 Å². The second kappa shape index (κ2) is 6.54. The molecule has 0 saturated carbocycles. The van der Waals surface area contributed by atoms with Crippen molar-refractivity contribution >= 4 is 11.6 Å². The molecule has 104 valence electrons. The van der Waals surface area contributed by atoms with Crippen LogP contribution < -0.4 is 15.0 Å². The number of likely N-dealkylation sites (N-methyl/N-ethyl adjacent to an activating group) is 1. The lowest BCUT2D eigenvalue weighted by atomic mass is 10.2. The van der Waals surface area contributed by atoms with E-state index in [1.807, 2.05) is 38.2 Å². The van der Waals surface area contributed by atoms with Gasteiger partial charge >= 0.3 is 0 Å².